The fraction of sp³-hybridized carbons (Fsp3) is 0.600. The Bertz CT molecular complexity index is 425. The van der Waals surface area contributed by atoms with Crippen LogP contribution in [0.2, 0.25) is 0 Å². The first-order valence-electron chi connectivity index (χ1n) is 7.00. The van der Waals surface area contributed by atoms with E-state index in [1.165, 1.54) is 18.4 Å². The van der Waals surface area contributed by atoms with Crippen LogP contribution in [0, 0.1) is 0 Å². The summed E-state index contributed by atoms with van der Waals surface area (Å²) in [6.45, 7) is 3.56. The fourth-order valence-corrected chi connectivity index (χ4v) is 2.66. The molecule has 0 unspecified atom stereocenters. The van der Waals surface area contributed by atoms with Gasteiger partial charge in [0.15, 0.2) is 11.5 Å². The van der Waals surface area contributed by atoms with Gasteiger partial charge in [-0.05, 0) is 49.5 Å². The van der Waals surface area contributed by atoms with E-state index in [1.54, 1.807) is 7.11 Å². The maximum Gasteiger partial charge on any atom is 0.162 e. The highest BCUT2D eigenvalue weighted by Crippen LogP contribution is 2.34. The summed E-state index contributed by atoms with van der Waals surface area (Å²) in [5, 5.41) is 3.40. The van der Waals surface area contributed by atoms with Crippen LogP contribution < -0.4 is 14.8 Å². The number of benzene rings is 1. The van der Waals surface area contributed by atoms with Crippen LogP contribution in [0.15, 0.2) is 18.2 Å². The van der Waals surface area contributed by atoms with Crippen molar-refractivity contribution in [1.29, 1.82) is 0 Å². The monoisotopic (exact) mass is 263 g/mol. The lowest BCUT2D eigenvalue weighted by Crippen LogP contribution is -2.38. The van der Waals surface area contributed by atoms with Gasteiger partial charge in [-0.3, -0.25) is 0 Å². The zero-order chi connectivity index (χ0) is 13.1. The molecule has 1 N–H and O–H groups in total. The van der Waals surface area contributed by atoms with Crippen LogP contribution in [0.3, 0.4) is 0 Å². The van der Waals surface area contributed by atoms with E-state index >= 15 is 0 Å². The molecule has 2 heterocycles. The number of nitrogens with one attached hydrogen (secondary N) is 1. The smallest absolute Gasteiger partial charge is 0.162 e. The summed E-state index contributed by atoms with van der Waals surface area (Å²) >= 11 is 0. The SMILES string of the molecule is COc1ccc(C2CCNCC2)cc1OC1COC1. The van der Waals surface area contributed by atoms with Crippen molar-refractivity contribution in [3.05, 3.63) is 23.8 Å². The minimum absolute atomic E-state index is 0.178. The predicted molar refractivity (Wildman–Crippen MR) is 73.1 cm³/mol. The first-order valence-corrected chi connectivity index (χ1v) is 7.00. The van der Waals surface area contributed by atoms with Crippen LogP contribution in [0.1, 0.15) is 24.3 Å². The number of hydrogen-bond acceptors (Lipinski definition) is 4. The molecule has 0 radical (unpaired) electrons. The van der Waals surface area contributed by atoms with Gasteiger partial charge in [0.25, 0.3) is 0 Å². The van der Waals surface area contributed by atoms with Gasteiger partial charge >= 0.3 is 0 Å². The maximum absolute atomic E-state index is 5.94. The third kappa shape index (κ3) is 2.85. The average Bonchev–Trinajstić information content (AvgIpc) is 2.43. The van der Waals surface area contributed by atoms with Crippen LogP contribution in [0.5, 0.6) is 11.5 Å². The van der Waals surface area contributed by atoms with Gasteiger partial charge in [-0.25, -0.2) is 0 Å². The summed E-state index contributed by atoms with van der Waals surface area (Å²) in [7, 11) is 1.68. The lowest BCUT2D eigenvalue weighted by Gasteiger charge is -2.28. The highest BCUT2D eigenvalue weighted by Gasteiger charge is 2.23. The van der Waals surface area contributed by atoms with Gasteiger partial charge in [0.2, 0.25) is 0 Å². The summed E-state index contributed by atoms with van der Waals surface area (Å²) < 4.78 is 16.5. The molecule has 0 bridgehead atoms. The topological polar surface area (TPSA) is 39.7 Å². The lowest BCUT2D eigenvalue weighted by atomic mass is 9.90. The van der Waals surface area contributed by atoms with Gasteiger partial charge in [0.1, 0.15) is 6.10 Å². The van der Waals surface area contributed by atoms with Gasteiger partial charge in [0.05, 0.1) is 20.3 Å². The zero-order valence-electron chi connectivity index (χ0n) is 11.4. The lowest BCUT2D eigenvalue weighted by molar-refractivity contribution is -0.0803. The van der Waals surface area contributed by atoms with E-state index in [2.05, 4.69) is 17.4 Å². The molecule has 104 valence electrons. The molecule has 2 aliphatic heterocycles. The predicted octanol–water partition coefficient (Wildman–Crippen LogP) is 1.94. The molecule has 19 heavy (non-hydrogen) atoms. The highest BCUT2D eigenvalue weighted by molar-refractivity contribution is 5.44. The van der Waals surface area contributed by atoms with E-state index in [1.807, 2.05) is 6.07 Å². The van der Waals surface area contributed by atoms with E-state index in [0.717, 1.165) is 24.6 Å². The molecule has 2 fully saturated rings. The summed E-state index contributed by atoms with van der Waals surface area (Å²) in [5.41, 5.74) is 1.36. The molecule has 4 heteroatoms. The van der Waals surface area contributed by atoms with Crippen molar-refractivity contribution in [2.45, 2.75) is 24.9 Å². The van der Waals surface area contributed by atoms with Crippen molar-refractivity contribution >= 4 is 0 Å². The minimum atomic E-state index is 0.178. The Morgan fingerprint density at radius 3 is 2.58 bits per heavy atom. The minimum Gasteiger partial charge on any atom is -0.493 e. The van der Waals surface area contributed by atoms with Crippen LogP contribution in [-0.2, 0) is 4.74 Å². The molecule has 0 aliphatic carbocycles. The Balaban J connectivity index is 1.78. The Morgan fingerprint density at radius 1 is 1.16 bits per heavy atom. The number of rotatable bonds is 4. The quantitative estimate of drug-likeness (QED) is 0.901. The van der Waals surface area contributed by atoms with Crippen molar-refractivity contribution < 1.29 is 14.2 Å². The molecule has 0 aromatic heterocycles. The Kier molecular flexibility index (Phi) is 3.89. The molecule has 3 rings (SSSR count). The second-order valence-electron chi connectivity index (χ2n) is 5.21. The Labute approximate surface area is 114 Å². The molecule has 0 spiro atoms. The number of piperidine rings is 1. The summed E-state index contributed by atoms with van der Waals surface area (Å²) in [4.78, 5) is 0. The zero-order valence-corrected chi connectivity index (χ0v) is 11.4. The third-order valence-electron chi connectivity index (χ3n) is 3.90. The molecule has 0 saturated carbocycles. The van der Waals surface area contributed by atoms with Gasteiger partial charge in [-0.15, -0.1) is 0 Å². The first kappa shape index (κ1) is 12.8. The number of methoxy groups -OCH3 is 1. The van der Waals surface area contributed by atoms with Crippen molar-refractivity contribution in [1.82, 2.24) is 5.32 Å². The van der Waals surface area contributed by atoms with Gasteiger partial charge in [0, 0.05) is 0 Å². The number of hydrogen-bond donors (Lipinski definition) is 1. The van der Waals surface area contributed by atoms with Gasteiger partial charge in [-0.2, -0.15) is 0 Å². The van der Waals surface area contributed by atoms with Crippen molar-refractivity contribution in [3.8, 4) is 11.5 Å². The Morgan fingerprint density at radius 2 is 1.95 bits per heavy atom. The standard InChI is InChI=1S/C15H21NO3/c1-17-14-3-2-12(11-4-6-16-7-5-11)8-15(14)19-13-9-18-10-13/h2-3,8,11,13,16H,4-7,9-10H2,1H3. The molecule has 1 aromatic rings. The summed E-state index contributed by atoms with van der Waals surface area (Å²) in [6.07, 6.45) is 2.56. The van der Waals surface area contributed by atoms with E-state index in [9.17, 15) is 0 Å². The van der Waals surface area contributed by atoms with Crippen LogP contribution in [0.4, 0.5) is 0 Å². The molecule has 2 saturated heterocycles. The van der Waals surface area contributed by atoms with E-state index in [0.29, 0.717) is 19.1 Å². The molecule has 2 aliphatic rings. The molecular weight excluding hydrogens is 242 g/mol. The Hall–Kier alpha value is -1.26. The average molecular weight is 263 g/mol. The molecule has 1 aromatic carbocycles. The third-order valence-corrected chi connectivity index (χ3v) is 3.90. The molecule has 0 amide bonds. The van der Waals surface area contributed by atoms with Gasteiger partial charge < -0.3 is 19.5 Å². The van der Waals surface area contributed by atoms with Crippen LogP contribution in [0.25, 0.3) is 0 Å². The molecular formula is C15H21NO3. The second-order valence-corrected chi connectivity index (χ2v) is 5.21. The van der Waals surface area contributed by atoms with Crippen molar-refractivity contribution in [2.24, 2.45) is 0 Å². The summed E-state index contributed by atoms with van der Waals surface area (Å²) in [5.74, 6) is 2.29. The van der Waals surface area contributed by atoms with Crippen molar-refractivity contribution in [3.63, 3.8) is 0 Å². The first-order chi connectivity index (χ1) is 9.36. The van der Waals surface area contributed by atoms with E-state index in [-0.39, 0.29) is 6.10 Å². The highest BCUT2D eigenvalue weighted by atomic mass is 16.6. The van der Waals surface area contributed by atoms with Crippen molar-refractivity contribution in [2.75, 3.05) is 33.4 Å². The fourth-order valence-electron chi connectivity index (χ4n) is 2.66. The normalized spacial score (nSPS) is 20.9. The van der Waals surface area contributed by atoms with Gasteiger partial charge in [-0.1, -0.05) is 6.07 Å². The maximum atomic E-state index is 5.94. The van der Waals surface area contributed by atoms with Crippen LogP contribution >= 0.6 is 0 Å². The summed E-state index contributed by atoms with van der Waals surface area (Å²) in [6, 6.07) is 6.33. The van der Waals surface area contributed by atoms with E-state index < -0.39 is 0 Å². The van der Waals surface area contributed by atoms with Crippen LogP contribution in [-0.4, -0.2) is 39.5 Å². The molecule has 0 atom stereocenters. The molecule has 4 nitrogen and oxygen atoms in total. The second kappa shape index (κ2) is 5.80. The largest absolute Gasteiger partial charge is 0.493 e. The number of ether oxygens (including phenoxy) is 3. The van der Waals surface area contributed by atoms with E-state index in [4.69, 9.17) is 14.2 Å².